The first-order valence-corrected chi connectivity index (χ1v) is 5.92. The second-order valence-corrected chi connectivity index (χ2v) is 5.01. The summed E-state index contributed by atoms with van der Waals surface area (Å²) < 4.78 is 1.14. The van der Waals surface area contributed by atoms with E-state index in [2.05, 4.69) is 22.0 Å². The van der Waals surface area contributed by atoms with Crippen LogP contribution in [0, 0.1) is 5.92 Å². The van der Waals surface area contributed by atoms with Crippen LogP contribution in [0.3, 0.4) is 0 Å². The van der Waals surface area contributed by atoms with Gasteiger partial charge in [-0.1, -0.05) is 34.1 Å². The van der Waals surface area contributed by atoms with Crippen molar-refractivity contribution in [2.24, 2.45) is 5.92 Å². The molecule has 1 N–H and O–H groups in total. The number of hydrogen-bond acceptors (Lipinski definition) is 1. The highest BCUT2D eigenvalue weighted by Crippen LogP contribution is 2.45. The number of halogens is 1. The van der Waals surface area contributed by atoms with Crippen LogP contribution in [0.4, 0.5) is 0 Å². The maximum absolute atomic E-state index is 10.5. The van der Waals surface area contributed by atoms with Crippen LogP contribution in [0.1, 0.15) is 30.7 Å². The predicted molar refractivity (Wildman–Crippen MR) is 61.9 cm³/mol. The lowest BCUT2D eigenvalue weighted by molar-refractivity contribution is -0.138. The molecule has 1 aliphatic carbocycles. The van der Waals surface area contributed by atoms with Crippen LogP contribution in [0.2, 0.25) is 0 Å². The Morgan fingerprint density at radius 2 is 2.07 bits per heavy atom. The van der Waals surface area contributed by atoms with Crippen LogP contribution in [-0.4, -0.2) is 11.1 Å². The standard InChI is InChI=1S/C12H13BrO2/c13-11-4-2-1-3-10(11)9-5-8(6-9)7-12(14)15/h1-4,8-9H,5-7H2,(H,14,15). The van der Waals surface area contributed by atoms with Crippen molar-refractivity contribution in [2.75, 3.05) is 0 Å². The van der Waals surface area contributed by atoms with E-state index in [1.807, 2.05) is 18.2 Å². The summed E-state index contributed by atoms with van der Waals surface area (Å²) in [6, 6.07) is 8.19. The van der Waals surface area contributed by atoms with Gasteiger partial charge in [-0.3, -0.25) is 4.79 Å². The normalized spacial score (nSPS) is 24.6. The maximum atomic E-state index is 10.5. The lowest BCUT2D eigenvalue weighted by atomic mass is 9.70. The highest BCUT2D eigenvalue weighted by atomic mass is 79.9. The second kappa shape index (κ2) is 4.35. The Bertz CT molecular complexity index is 370. The molecule has 1 saturated carbocycles. The summed E-state index contributed by atoms with van der Waals surface area (Å²) in [6.07, 6.45) is 2.34. The molecule has 0 heterocycles. The number of carboxylic acids is 1. The van der Waals surface area contributed by atoms with Crippen LogP contribution in [-0.2, 0) is 4.79 Å². The third-order valence-corrected chi connectivity index (χ3v) is 3.77. The quantitative estimate of drug-likeness (QED) is 0.912. The molecule has 80 valence electrons. The van der Waals surface area contributed by atoms with Crippen molar-refractivity contribution in [3.63, 3.8) is 0 Å². The summed E-state index contributed by atoms with van der Waals surface area (Å²) in [5, 5.41) is 8.65. The molecule has 15 heavy (non-hydrogen) atoms. The number of carbonyl (C=O) groups is 1. The molecule has 0 unspecified atom stereocenters. The van der Waals surface area contributed by atoms with Crippen LogP contribution >= 0.6 is 15.9 Å². The zero-order valence-electron chi connectivity index (χ0n) is 8.32. The number of hydrogen-bond donors (Lipinski definition) is 1. The summed E-state index contributed by atoms with van der Waals surface area (Å²) in [6.45, 7) is 0. The van der Waals surface area contributed by atoms with Crippen LogP contribution < -0.4 is 0 Å². The molecule has 1 aromatic rings. The van der Waals surface area contributed by atoms with Crippen molar-refractivity contribution in [1.82, 2.24) is 0 Å². The number of benzene rings is 1. The van der Waals surface area contributed by atoms with Gasteiger partial charge in [0.2, 0.25) is 0 Å². The molecule has 3 heteroatoms. The summed E-state index contributed by atoms with van der Waals surface area (Å²) in [7, 11) is 0. The van der Waals surface area contributed by atoms with Gasteiger partial charge in [-0.25, -0.2) is 0 Å². The zero-order valence-corrected chi connectivity index (χ0v) is 9.90. The Hall–Kier alpha value is -0.830. The van der Waals surface area contributed by atoms with Gasteiger partial charge in [-0.2, -0.15) is 0 Å². The topological polar surface area (TPSA) is 37.3 Å². The largest absolute Gasteiger partial charge is 0.481 e. The summed E-state index contributed by atoms with van der Waals surface area (Å²) in [4.78, 5) is 10.5. The Morgan fingerprint density at radius 3 is 2.67 bits per heavy atom. The van der Waals surface area contributed by atoms with Gasteiger partial charge < -0.3 is 5.11 Å². The van der Waals surface area contributed by atoms with Crippen molar-refractivity contribution in [3.05, 3.63) is 34.3 Å². The maximum Gasteiger partial charge on any atom is 0.303 e. The van der Waals surface area contributed by atoms with Crippen LogP contribution in [0.25, 0.3) is 0 Å². The molecular weight excluding hydrogens is 256 g/mol. The smallest absolute Gasteiger partial charge is 0.303 e. The molecule has 0 saturated heterocycles. The lowest BCUT2D eigenvalue weighted by Gasteiger charge is -2.35. The zero-order chi connectivity index (χ0) is 10.8. The molecule has 0 bridgehead atoms. The van der Waals surface area contributed by atoms with Gasteiger partial charge in [-0.15, -0.1) is 0 Å². The Balaban J connectivity index is 1.95. The fourth-order valence-electron chi connectivity index (χ4n) is 2.21. The van der Waals surface area contributed by atoms with Gasteiger partial charge in [-0.05, 0) is 36.3 Å². The average molecular weight is 269 g/mol. The molecule has 1 aromatic carbocycles. The van der Waals surface area contributed by atoms with Gasteiger partial charge >= 0.3 is 5.97 Å². The van der Waals surface area contributed by atoms with E-state index in [0.29, 0.717) is 18.3 Å². The number of rotatable bonds is 3. The fraction of sp³-hybridized carbons (Fsp3) is 0.417. The average Bonchev–Trinajstić information content (AvgIpc) is 2.12. The van der Waals surface area contributed by atoms with E-state index >= 15 is 0 Å². The van der Waals surface area contributed by atoms with E-state index in [1.54, 1.807) is 0 Å². The Kier molecular flexibility index (Phi) is 3.10. The van der Waals surface area contributed by atoms with Gasteiger partial charge in [0.15, 0.2) is 0 Å². The first-order valence-electron chi connectivity index (χ1n) is 5.13. The van der Waals surface area contributed by atoms with Gasteiger partial charge in [0.1, 0.15) is 0 Å². The van der Waals surface area contributed by atoms with E-state index in [1.165, 1.54) is 5.56 Å². The van der Waals surface area contributed by atoms with Crippen LogP contribution in [0.5, 0.6) is 0 Å². The van der Waals surface area contributed by atoms with Crippen molar-refractivity contribution in [1.29, 1.82) is 0 Å². The SMILES string of the molecule is O=C(O)CC1CC(c2ccccc2Br)C1. The van der Waals surface area contributed by atoms with Crippen molar-refractivity contribution in [3.8, 4) is 0 Å². The molecule has 0 aromatic heterocycles. The molecule has 0 atom stereocenters. The van der Waals surface area contributed by atoms with Crippen molar-refractivity contribution >= 4 is 21.9 Å². The van der Waals surface area contributed by atoms with E-state index in [4.69, 9.17) is 5.11 Å². The second-order valence-electron chi connectivity index (χ2n) is 4.15. The molecule has 0 aliphatic heterocycles. The van der Waals surface area contributed by atoms with Gasteiger partial charge in [0.25, 0.3) is 0 Å². The highest BCUT2D eigenvalue weighted by molar-refractivity contribution is 9.10. The van der Waals surface area contributed by atoms with Crippen molar-refractivity contribution in [2.45, 2.75) is 25.2 Å². The molecule has 0 radical (unpaired) electrons. The minimum atomic E-state index is -0.675. The third-order valence-electron chi connectivity index (χ3n) is 3.04. The minimum absolute atomic E-state index is 0.320. The molecule has 1 fully saturated rings. The van der Waals surface area contributed by atoms with Crippen molar-refractivity contribution < 1.29 is 9.90 Å². The lowest BCUT2D eigenvalue weighted by Crippen LogP contribution is -2.24. The van der Waals surface area contributed by atoms with E-state index in [9.17, 15) is 4.79 Å². The molecule has 2 rings (SSSR count). The van der Waals surface area contributed by atoms with E-state index in [0.717, 1.165) is 17.3 Å². The summed E-state index contributed by atoms with van der Waals surface area (Å²) >= 11 is 3.53. The van der Waals surface area contributed by atoms with E-state index in [-0.39, 0.29) is 0 Å². The molecular formula is C12H13BrO2. The summed E-state index contributed by atoms with van der Waals surface area (Å²) in [5.41, 5.74) is 1.32. The predicted octanol–water partition coefficient (Wildman–Crippen LogP) is 3.42. The van der Waals surface area contributed by atoms with Crippen LogP contribution in [0.15, 0.2) is 28.7 Å². The Labute approximate surface area is 97.4 Å². The molecule has 2 nitrogen and oxygen atoms in total. The fourth-order valence-corrected chi connectivity index (χ4v) is 2.82. The van der Waals surface area contributed by atoms with Gasteiger partial charge in [0.05, 0.1) is 0 Å². The first kappa shape index (κ1) is 10.7. The first-order chi connectivity index (χ1) is 7.16. The molecule has 0 amide bonds. The van der Waals surface area contributed by atoms with E-state index < -0.39 is 5.97 Å². The monoisotopic (exact) mass is 268 g/mol. The highest BCUT2D eigenvalue weighted by Gasteiger charge is 2.32. The minimum Gasteiger partial charge on any atom is -0.481 e. The third kappa shape index (κ3) is 2.40. The Morgan fingerprint density at radius 1 is 1.40 bits per heavy atom. The number of aliphatic carboxylic acids is 1. The number of carboxylic acid groups (broad SMARTS) is 1. The summed E-state index contributed by atoms with van der Waals surface area (Å²) in [5.74, 6) is 0.245. The van der Waals surface area contributed by atoms with Gasteiger partial charge in [0, 0.05) is 10.9 Å². The molecule has 0 spiro atoms. The molecule has 1 aliphatic rings.